The zero-order chi connectivity index (χ0) is 32.7. The summed E-state index contributed by atoms with van der Waals surface area (Å²) >= 11 is 32.9. The van der Waals surface area contributed by atoms with Gasteiger partial charge in [0.15, 0.2) is 12.5 Å². The van der Waals surface area contributed by atoms with Crippen LogP contribution in [-0.4, -0.2) is 79.2 Å². The highest BCUT2D eigenvalue weighted by Gasteiger charge is 2.53. The molecule has 0 spiro atoms. The number of halogens is 4. The Bertz CT molecular complexity index is 1800. The Labute approximate surface area is 290 Å². The molecule has 0 saturated carbocycles. The van der Waals surface area contributed by atoms with Crippen LogP contribution in [0.3, 0.4) is 0 Å². The summed E-state index contributed by atoms with van der Waals surface area (Å²) in [7, 11) is 0. The van der Waals surface area contributed by atoms with Gasteiger partial charge in [0.1, 0.15) is 36.6 Å². The van der Waals surface area contributed by atoms with Crippen LogP contribution in [0.2, 0.25) is 20.1 Å². The van der Waals surface area contributed by atoms with E-state index in [4.69, 9.17) is 74.0 Å². The van der Waals surface area contributed by atoms with Gasteiger partial charge in [-0.05, 0) is 24.3 Å². The zero-order valence-electron chi connectivity index (χ0n) is 22.7. The van der Waals surface area contributed by atoms with Crippen molar-refractivity contribution in [2.75, 3.05) is 13.2 Å². The van der Waals surface area contributed by atoms with E-state index in [9.17, 15) is 19.3 Å². The van der Waals surface area contributed by atoms with Gasteiger partial charge in [0.25, 0.3) is 0 Å². The maximum Gasteiger partial charge on any atom is 0.386 e. The van der Waals surface area contributed by atoms with Crippen LogP contribution >= 0.6 is 84.5 Å². The summed E-state index contributed by atoms with van der Waals surface area (Å²) < 4.78 is 64.5. The third kappa shape index (κ3) is 6.28. The van der Waals surface area contributed by atoms with E-state index < -0.39 is 75.9 Å². The third-order valence-electron chi connectivity index (χ3n) is 7.71. The number of imidazole rings is 2. The summed E-state index contributed by atoms with van der Waals surface area (Å²) in [5.74, 6) is 0. The van der Waals surface area contributed by atoms with E-state index in [1.165, 1.54) is 21.8 Å². The smallest absolute Gasteiger partial charge is 0.386 e. The zero-order valence-corrected chi connectivity index (χ0v) is 29.3. The Morgan fingerprint density at radius 2 is 1.07 bits per heavy atom. The van der Waals surface area contributed by atoms with Crippen molar-refractivity contribution in [3.05, 3.63) is 57.0 Å². The fourth-order valence-electron chi connectivity index (χ4n) is 5.58. The van der Waals surface area contributed by atoms with Crippen LogP contribution in [0.1, 0.15) is 12.5 Å². The van der Waals surface area contributed by atoms with Crippen LogP contribution in [0.5, 0.6) is 0 Å². The number of ether oxygens (including phenoxy) is 2. The number of aromatic nitrogens is 4. The Morgan fingerprint density at radius 3 is 1.46 bits per heavy atom. The van der Waals surface area contributed by atoms with E-state index in [2.05, 4.69) is 34.5 Å². The standard InChI is InChI=1S/C24H22Cl4N4O10P2S2/c25-9-1-13-15(3-11(9)27)31(7-29-13)23-19(33)21-17(39-23)5-37-44(36,46)42-22-18(6-38-43(35,45)41-21)40-24(20(22)34)32-8-30-14-2-10(26)12(28)4-16(14)32/h1-4,7-8,17-24,33-34H,5-6H2,(H,35,45)(H,36,46)/t17-,18-,19?,20?,21?,22?,23-,24-,43?,44?/m1/s1. The average Bonchev–Trinajstić information content (AvgIpc) is 3.72. The molecule has 2 aromatic heterocycles. The normalized spacial score (nSPS) is 37.2. The van der Waals surface area contributed by atoms with E-state index >= 15 is 0 Å². The molecule has 248 valence electrons. The molecule has 2 aromatic carbocycles. The summed E-state index contributed by atoms with van der Waals surface area (Å²) in [6.07, 6.45) is -7.59. The molecule has 0 amide bonds. The van der Waals surface area contributed by atoms with Gasteiger partial charge in [0.2, 0.25) is 0 Å². The van der Waals surface area contributed by atoms with Gasteiger partial charge in [-0.3, -0.25) is 18.1 Å². The molecule has 2 N–H and O–H groups in total. The minimum atomic E-state index is -4.26. The van der Waals surface area contributed by atoms with Gasteiger partial charge in [0.05, 0.1) is 68.0 Å². The topological polar surface area (TPSA) is 166 Å². The van der Waals surface area contributed by atoms with E-state index in [0.717, 1.165) is 0 Å². The first kappa shape index (κ1) is 33.9. The van der Waals surface area contributed by atoms with Gasteiger partial charge in [-0.2, -0.15) is 0 Å². The Kier molecular flexibility index (Phi) is 9.28. The molecule has 3 aliphatic heterocycles. The summed E-state index contributed by atoms with van der Waals surface area (Å²) in [6.45, 7) is -9.57. The van der Waals surface area contributed by atoms with E-state index in [-0.39, 0.29) is 20.1 Å². The highest BCUT2D eigenvalue weighted by atomic mass is 35.5. The maximum absolute atomic E-state index is 13.5. The molecule has 7 rings (SSSR count). The second kappa shape index (κ2) is 12.6. The molecule has 10 atom stereocenters. The Hall–Kier alpha value is -0.620. The maximum atomic E-state index is 13.5. The number of hydrogen-bond donors (Lipinski definition) is 4. The number of aliphatic hydroxyl groups excluding tert-OH is 2. The van der Waals surface area contributed by atoms with Crippen molar-refractivity contribution in [3.63, 3.8) is 0 Å². The summed E-state index contributed by atoms with van der Waals surface area (Å²) in [5.41, 5.74) is 1.86. The summed E-state index contributed by atoms with van der Waals surface area (Å²) in [4.78, 5) is 8.56. The minimum absolute atomic E-state index is 0.238. The van der Waals surface area contributed by atoms with E-state index in [0.29, 0.717) is 22.1 Å². The number of thiol groups is 2. The predicted octanol–water partition coefficient (Wildman–Crippen LogP) is 6.11. The van der Waals surface area contributed by atoms with Crippen LogP contribution in [0.25, 0.3) is 22.1 Å². The molecule has 0 bridgehead atoms. The van der Waals surface area contributed by atoms with Gasteiger partial charge in [0, 0.05) is 0 Å². The third-order valence-corrected chi connectivity index (χ3v) is 12.4. The molecule has 3 aliphatic rings. The van der Waals surface area contributed by atoms with Crippen molar-refractivity contribution >= 4 is 107 Å². The van der Waals surface area contributed by atoms with Crippen LogP contribution in [0, 0.1) is 0 Å². The van der Waals surface area contributed by atoms with Gasteiger partial charge < -0.3 is 28.8 Å². The molecule has 0 aliphatic carbocycles. The van der Waals surface area contributed by atoms with Crippen LogP contribution in [-0.2, 0) is 36.7 Å². The van der Waals surface area contributed by atoms with E-state index in [1.807, 2.05) is 0 Å². The van der Waals surface area contributed by atoms with Gasteiger partial charge in [-0.25, -0.2) is 19.1 Å². The first-order valence-electron chi connectivity index (χ1n) is 13.3. The molecule has 6 unspecified atom stereocenters. The number of benzene rings is 2. The van der Waals surface area contributed by atoms with E-state index in [1.54, 1.807) is 24.3 Å². The number of aliphatic hydroxyl groups is 2. The second-order valence-electron chi connectivity index (χ2n) is 10.6. The highest BCUT2D eigenvalue weighted by molar-refractivity contribution is 8.44. The Morgan fingerprint density at radius 1 is 0.696 bits per heavy atom. The SMILES string of the molecule is O=P1(S)OC[C@H]2O[C@@H](n3cnc4cc(Cl)c(Cl)cc43)C(O)C2OP(=O)(S)OC[C@H]2O[C@@H](n3cnc4cc(Cl)c(Cl)cc43)C(O)C2O1. The largest absolute Gasteiger partial charge is 0.386 e. The average molecular weight is 794 g/mol. The second-order valence-corrected chi connectivity index (χ2v) is 18.0. The summed E-state index contributed by atoms with van der Waals surface area (Å²) in [5, 5.41) is 23.7. The van der Waals surface area contributed by atoms with Crippen LogP contribution in [0.15, 0.2) is 36.9 Å². The number of rotatable bonds is 2. The predicted molar refractivity (Wildman–Crippen MR) is 174 cm³/mol. The minimum Gasteiger partial charge on any atom is -0.386 e. The van der Waals surface area contributed by atoms with Gasteiger partial charge in [-0.1, -0.05) is 70.9 Å². The molecule has 22 heteroatoms. The number of hydrogen-bond acceptors (Lipinski definition) is 12. The number of nitrogens with zero attached hydrogens (tertiary/aromatic N) is 4. The lowest BCUT2D eigenvalue weighted by Gasteiger charge is -2.28. The lowest BCUT2D eigenvalue weighted by atomic mass is 10.1. The molecule has 46 heavy (non-hydrogen) atoms. The van der Waals surface area contributed by atoms with Crippen LogP contribution in [0.4, 0.5) is 0 Å². The quantitative estimate of drug-likeness (QED) is 0.136. The lowest BCUT2D eigenvalue weighted by Crippen LogP contribution is -2.38. The molecule has 14 nitrogen and oxygen atoms in total. The van der Waals surface area contributed by atoms with Gasteiger partial charge >= 0.3 is 13.6 Å². The van der Waals surface area contributed by atoms with Crippen LogP contribution < -0.4 is 0 Å². The van der Waals surface area contributed by atoms with Crippen molar-refractivity contribution in [1.29, 1.82) is 0 Å². The molecule has 5 heterocycles. The number of fused-ring (bicyclic) bond motifs is 4. The monoisotopic (exact) mass is 792 g/mol. The first-order chi connectivity index (χ1) is 21.7. The fourth-order valence-corrected chi connectivity index (χ4v) is 9.20. The molecule has 4 aromatic rings. The van der Waals surface area contributed by atoms with Crippen molar-refractivity contribution in [2.45, 2.75) is 49.1 Å². The van der Waals surface area contributed by atoms with Gasteiger partial charge in [-0.15, -0.1) is 0 Å². The molecular formula is C24H22Cl4N4O10P2S2. The fraction of sp³-hybridized carbons (Fsp3) is 0.417. The molecular weight excluding hydrogens is 772 g/mol. The summed E-state index contributed by atoms with van der Waals surface area (Å²) in [6, 6.07) is 6.17. The van der Waals surface area contributed by atoms with Crippen molar-refractivity contribution < 1.29 is 46.9 Å². The lowest BCUT2D eigenvalue weighted by molar-refractivity contribution is -0.0559. The Balaban J connectivity index is 1.16. The molecule has 3 saturated heterocycles. The van der Waals surface area contributed by atoms with Crippen molar-refractivity contribution in [2.24, 2.45) is 0 Å². The van der Waals surface area contributed by atoms with Crippen molar-refractivity contribution in [3.8, 4) is 0 Å². The molecule has 0 radical (unpaired) electrons. The first-order valence-corrected chi connectivity index (χ1v) is 20.2. The van der Waals surface area contributed by atoms with Crippen molar-refractivity contribution in [1.82, 2.24) is 19.1 Å². The molecule has 3 fully saturated rings. The highest BCUT2D eigenvalue weighted by Crippen LogP contribution is 2.60.